The molecule has 0 aliphatic carbocycles. The number of hydrogen-bond donors (Lipinski definition) is 3. The molecule has 27 heavy (non-hydrogen) atoms. The summed E-state index contributed by atoms with van der Waals surface area (Å²) in [6, 6.07) is 6.67. The fraction of sp³-hybridized carbons (Fsp3) is 0.421. The summed E-state index contributed by atoms with van der Waals surface area (Å²) in [4.78, 5) is 43.0. The molecule has 0 saturated carbocycles. The summed E-state index contributed by atoms with van der Waals surface area (Å²) < 4.78 is 0. The third kappa shape index (κ3) is 4.46. The third-order valence-corrected chi connectivity index (χ3v) is 4.66. The standard InChI is InChI=1S/C19H25N5O3/c1-23(2)10-8-20-17(25)11-16-18(26)24(19(27)22-16)9-7-13-12-21-15-6-4-3-5-14(13)15/h3-6,12,16,21H,7-11H2,1-2H3,(H,20,25)(H,22,27)/t16-/m1/s1. The minimum Gasteiger partial charge on any atom is -0.361 e. The van der Waals surface area contributed by atoms with Crippen LogP contribution in [0, 0.1) is 0 Å². The van der Waals surface area contributed by atoms with Crippen molar-refractivity contribution in [1.82, 2.24) is 25.4 Å². The number of rotatable bonds is 8. The van der Waals surface area contributed by atoms with Gasteiger partial charge in [-0.3, -0.25) is 14.5 Å². The maximum Gasteiger partial charge on any atom is 0.324 e. The van der Waals surface area contributed by atoms with Crippen molar-refractivity contribution >= 4 is 28.7 Å². The van der Waals surface area contributed by atoms with Crippen LogP contribution in [0.25, 0.3) is 10.9 Å². The number of aromatic nitrogens is 1. The van der Waals surface area contributed by atoms with Gasteiger partial charge < -0.3 is 20.5 Å². The first-order valence-corrected chi connectivity index (χ1v) is 9.04. The van der Waals surface area contributed by atoms with Gasteiger partial charge in [-0.05, 0) is 32.1 Å². The molecule has 3 rings (SSSR count). The number of fused-ring (bicyclic) bond motifs is 1. The van der Waals surface area contributed by atoms with Crippen molar-refractivity contribution < 1.29 is 14.4 Å². The second kappa shape index (κ2) is 8.22. The highest BCUT2D eigenvalue weighted by atomic mass is 16.2. The Hall–Kier alpha value is -2.87. The van der Waals surface area contributed by atoms with Crippen molar-refractivity contribution in [3.05, 3.63) is 36.0 Å². The summed E-state index contributed by atoms with van der Waals surface area (Å²) in [5, 5.41) is 6.45. The summed E-state index contributed by atoms with van der Waals surface area (Å²) in [6.07, 6.45) is 2.42. The Bertz CT molecular complexity index is 845. The number of nitrogens with one attached hydrogen (secondary N) is 3. The molecule has 1 fully saturated rings. The van der Waals surface area contributed by atoms with Gasteiger partial charge in [0.1, 0.15) is 6.04 Å². The number of amides is 4. The Morgan fingerprint density at radius 3 is 2.81 bits per heavy atom. The van der Waals surface area contributed by atoms with E-state index in [1.54, 1.807) is 0 Å². The number of benzene rings is 1. The fourth-order valence-electron chi connectivity index (χ4n) is 3.17. The molecule has 4 amide bonds. The molecule has 0 radical (unpaired) electrons. The van der Waals surface area contributed by atoms with E-state index in [2.05, 4.69) is 15.6 Å². The number of carbonyl (C=O) groups is 3. The molecule has 3 N–H and O–H groups in total. The van der Waals surface area contributed by atoms with Crippen LogP contribution in [0.3, 0.4) is 0 Å². The quantitative estimate of drug-likeness (QED) is 0.595. The van der Waals surface area contributed by atoms with Gasteiger partial charge in [0, 0.05) is 36.7 Å². The largest absolute Gasteiger partial charge is 0.361 e. The van der Waals surface area contributed by atoms with E-state index in [4.69, 9.17) is 0 Å². The van der Waals surface area contributed by atoms with Crippen molar-refractivity contribution in [2.45, 2.75) is 18.9 Å². The van der Waals surface area contributed by atoms with Crippen molar-refractivity contribution in [2.24, 2.45) is 0 Å². The fourth-order valence-corrected chi connectivity index (χ4v) is 3.17. The Morgan fingerprint density at radius 1 is 1.26 bits per heavy atom. The van der Waals surface area contributed by atoms with E-state index in [-0.39, 0.29) is 24.8 Å². The zero-order chi connectivity index (χ0) is 19.4. The Kier molecular flexibility index (Phi) is 5.75. The predicted octanol–water partition coefficient (Wildman–Crippen LogP) is 0.699. The van der Waals surface area contributed by atoms with Crippen molar-refractivity contribution in [3.8, 4) is 0 Å². The first-order chi connectivity index (χ1) is 13.0. The Balaban J connectivity index is 1.54. The summed E-state index contributed by atoms with van der Waals surface area (Å²) in [6.45, 7) is 1.50. The molecule has 2 heterocycles. The molecule has 1 aliphatic rings. The van der Waals surface area contributed by atoms with Crippen LogP contribution in [0.4, 0.5) is 4.79 Å². The van der Waals surface area contributed by atoms with Gasteiger partial charge in [-0.25, -0.2) is 4.79 Å². The smallest absolute Gasteiger partial charge is 0.324 e. The maximum absolute atomic E-state index is 12.5. The van der Waals surface area contributed by atoms with Crippen molar-refractivity contribution in [2.75, 3.05) is 33.7 Å². The van der Waals surface area contributed by atoms with E-state index in [0.717, 1.165) is 16.5 Å². The molecule has 0 spiro atoms. The molecular formula is C19H25N5O3. The summed E-state index contributed by atoms with van der Waals surface area (Å²) >= 11 is 0. The highest BCUT2D eigenvalue weighted by Crippen LogP contribution is 2.19. The second-order valence-corrected chi connectivity index (χ2v) is 6.96. The zero-order valence-electron chi connectivity index (χ0n) is 15.6. The lowest BCUT2D eigenvalue weighted by atomic mass is 10.1. The second-order valence-electron chi connectivity index (χ2n) is 6.96. The molecule has 1 aliphatic heterocycles. The van der Waals surface area contributed by atoms with E-state index < -0.39 is 12.1 Å². The van der Waals surface area contributed by atoms with E-state index in [0.29, 0.717) is 19.5 Å². The van der Waals surface area contributed by atoms with Gasteiger partial charge in [0.05, 0.1) is 6.42 Å². The number of H-pyrrole nitrogens is 1. The van der Waals surface area contributed by atoms with Crippen LogP contribution in [0.2, 0.25) is 0 Å². The third-order valence-electron chi connectivity index (χ3n) is 4.66. The Labute approximate surface area is 157 Å². The number of hydrogen-bond acceptors (Lipinski definition) is 4. The van der Waals surface area contributed by atoms with E-state index in [1.165, 1.54) is 4.90 Å². The van der Waals surface area contributed by atoms with Crippen LogP contribution in [-0.4, -0.2) is 72.4 Å². The van der Waals surface area contributed by atoms with Crippen LogP contribution >= 0.6 is 0 Å². The van der Waals surface area contributed by atoms with E-state index in [1.807, 2.05) is 49.5 Å². The van der Waals surface area contributed by atoms with Gasteiger partial charge in [-0.1, -0.05) is 18.2 Å². The zero-order valence-corrected chi connectivity index (χ0v) is 15.6. The first-order valence-electron chi connectivity index (χ1n) is 9.04. The summed E-state index contributed by atoms with van der Waals surface area (Å²) in [5.41, 5.74) is 2.08. The van der Waals surface area contributed by atoms with Crippen LogP contribution in [0.5, 0.6) is 0 Å². The van der Waals surface area contributed by atoms with E-state index in [9.17, 15) is 14.4 Å². The molecule has 8 heteroatoms. The molecule has 1 saturated heterocycles. The lowest BCUT2D eigenvalue weighted by molar-refractivity contribution is -0.130. The molecule has 1 aromatic heterocycles. The minimum absolute atomic E-state index is 0.0401. The number of aromatic amines is 1. The van der Waals surface area contributed by atoms with Gasteiger partial charge in [0.15, 0.2) is 0 Å². The topological polar surface area (TPSA) is 97.5 Å². The van der Waals surface area contributed by atoms with Crippen molar-refractivity contribution in [3.63, 3.8) is 0 Å². The molecule has 1 atom stereocenters. The summed E-state index contributed by atoms with van der Waals surface area (Å²) in [5.74, 6) is -0.587. The van der Waals surface area contributed by atoms with Crippen LogP contribution in [-0.2, 0) is 16.0 Å². The summed E-state index contributed by atoms with van der Waals surface area (Å²) in [7, 11) is 3.83. The van der Waals surface area contributed by atoms with Gasteiger partial charge in [0.25, 0.3) is 5.91 Å². The number of para-hydroxylation sites is 1. The molecule has 8 nitrogen and oxygen atoms in total. The molecule has 144 valence electrons. The normalized spacial score (nSPS) is 17.0. The highest BCUT2D eigenvalue weighted by molar-refractivity contribution is 6.05. The number of nitrogens with zero attached hydrogens (tertiary/aromatic N) is 2. The van der Waals surface area contributed by atoms with E-state index >= 15 is 0 Å². The number of carbonyl (C=O) groups excluding carboxylic acids is 3. The SMILES string of the molecule is CN(C)CCNC(=O)C[C@H]1NC(=O)N(CCc2c[nH]c3ccccc23)C1=O. The number of urea groups is 1. The van der Waals surface area contributed by atoms with Crippen LogP contribution < -0.4 is 10.6 Å². The first kappa shape index (κ1) is 18.9. The molecule has 0 bridgehead atoms. The number of likely N-dealkylation sites (N-methyl/N-ethyl adjacent to an activating group) is 1. The molecule has 1 aromatic carbocycles. The molecule has 2 aromatic rings. The van der Waals surface area contributed by atoms with Crippen LogP contribution in [0.1, 0.15) is 12.0 Å². The average molecular weight is 371 g/mol. The molecular weight excluding hydrogens is 346 g/mol. The predicted molar refractivity (Wildman–Crippen MR) is 102 cm³/mol. The number of imide groups is 1. The highest BCUT2D eigenvalue weighted by Gasteiger charge is 2.38. The maximum atomic E-state index is 12.5. The van der Waals surface area contributed by atoms with Gasteiger partial charge in [-0.2, -0.15) is 0 Å². The van der Waals surface area contributed by atoms with Crippen molar-refractivity contribution in [1.29, 1.82) is 0 Å². The van der Waals surface area contributed by atoms with Gasteiger partial charge in [-0.15, -0.1) is 0 Å². The van der Waals surface area contributed by atoms with Crippen LogP contribution in [0.15, 0.2) is 30.5 Å². The lowest BCUT2D eigenvalue weighted by Gasteiger charge is -2.13. The minimum atomic E-state index is -0.792. The monoisotopic (exact) mass is 371 g/mol. The van der Waals surface area contributed by atoms with Gasteiger partial charge >= 0.3 is 6.03 Å². The lowest BCUT2D eigenvalue weighted by Crippen LogP contribution is -2.38. The molecule has 0 unspecified atom stereocenters. The van der Waals surface area contributed by atoms with Gasteiger partial charge in [0.2, 0.25) is 5.91 Å². The Morgan fingerprint density at radius 2 is 2.04 bits per heavy atom. The average Bonchev–Trinajstić information content (AvgIpc) is 3.14.